The van der Waals surface area contributed by atoms with Crippen molar-refractivity contribution in [3.8, 4) is 5.75 Å². The number of nitrogens with zero attached hydrogens (tertiary/aromatic N) is 2. The summed E-state index contributed by atoms with van der Waals surface area (Å²) in [5.41, 5.74) is 0.429. The van der Waals surface area contributed by atoms with Crippen molar-refractivity contribution in [3.63, 3.8) is 0 Å². The average Bonchev–Trinajstić information content (AvgIpc) is 3.09. The van der Waals surface area contributed by atoms with Crippen LogP contribution in [0.25, 0.3) is 0 Å². The Morgan fingerprint density at radius 2 is 1.76 bits per heavy atom. The molecule has 0 aliphatic heterocycles. The van der Waals surface area contributed by atoms with Crippen LogP contribution in [0.5, 0.6) is 5.75 Å². The van der Waals surface area contributed by atoms with E-state index < -0.39 is 11.6 Å². The van der Waals surface area contributed by atoms with Gasteiger partial charge in [0.1, 0.15) is 23.2 Å². The quantitative estimate of drug-likeness (QED) is 0.627. The number of benzene rings is 2. The molecule has 130 valence electrons. The first-order valence-corrected chi connectivity index (χ1v) is 7.91. The predicted octanol–water partition coefficient (Wildman–Crippen LogP) is 4.55. The van der Waals surface area contributed by atoms with Crippen LogP contribution in [0.2, 0.25) is 0 Å². The van der Waals surface area contributed by atoms with Gasteiger partial charge in [0.25, 0.3) is 0 Å². The number of ether oxygens (including phenoxy) is 1. The SMILES string of the molecule is Fc1ccc(OCCC(Cn2ccnc2)c2ccc(F)cc2F)cc1. The molecule has 0 fully saturated rings. The lowest BCUT2D eigenvalue weighted by atomic mass is 9.95. The summed E-state index contributed by atoms with van der Waals surface area (Å²) < 4.78 is 47.7. The maximum absolute atomic E-state index is 14.2. The number of rotatable bonds is 7. The molecule has 0 radical (unpaired) electrons. The van der Waals surface area contributed by atoms with Crippen LogP contribution in [-0.2, 0) is 6.54 Å². The largest absolute Gasteiger partial charge is 0.494 e. The maximum Gasteiger partial charge on any atom is 0.129 e. The van der Waals surface area contributed by atoms with E-state index in [9.17, 15) is 13.2 Å². The molecule has 25 heavy (non-hydrogen) atoms. The highest BCUT2D eigenvalue weighted by Crippen LogP contribution is 2.26. The van der Waals surface area contributed by atoms with Crippen LogP contribution in [0.1, 0.15) is 17.9 Å². The maximum atomic E-state index is 14.2. The van der Waals surface area contributed by atoms with Gasteiger partial charge in [-0.25, -0.2) is 18.2 Å². The third-order valence-corrected chi connectivity index (χ3v) is 3.94. The van der Waals surface area contributed by atoms with Crippen LogP contribution < -0.4 is 4.74 Å². The fraction of sp³-hybridized carbons (Fsp3) is 0.211. The zero-order valence-electron chi connectivity index (χ0n) is 13.4. The fourth-order valence-corrected chi connectivity index (χ4v) is 2.68. The van der Waals surface area contributed by atoms with E-state index in [1.54, 1.807) is 30.9 Å². The van der Waals surface area contributed by atoms with Crippen molar-refractivity contribution < 1.29 is 17.9 Å². The van der Waals surface area contributed by atoms with Gasteiger partial charge >= 0.3 is 0 Å². The zero-order valence-corrected chi connectivity index (χ0v) is 13.4. The van der Waals surface area contributed by atoms with Crippen molar-refractivity contribution in [2.75, 3.05) is 6.61 Å². The molecule has 0 aliphatic rings. The minimum absolute atomic E-state index is 0.213. The lowest BCUT2D eigenvalue weighted by Crippen LogP contribution is -2.13. The second-order valence-electron chi connectivity index (χ2n) is 5.71. The molecule has 1 heterocycles. The average molecular weight is 346 g/mol. The minimum atomic E-state index is -0.606. The van der Waals surface area contributed by atoms with E-state index in [2.05, 4.69) is 4.98 Å². The van der Waals surface area contributed by atoms with Gasteiger partial charge in [-0.2, -0.15) is 0 Å². The predicted molar refractivity (Wildman–Crippen MR) is 87.8 cm³/mol. The number of imidazole rings is 1. The van der Waals surface area contributed by atoms with Crippen LogP contribution in [0.15, 0.2) is 61.2 Å². The van der Waals surface area contributed by atoms with Crippen molar-refractivity contribution in [3.05, 3.63) is 84.2 Å². The lowest BCUT2D eigenvalue weighted by Gasteiger charge is -2.19. The Balaban J connectivity index is 1.70. The standard InChI is InChI=1S/C19H17F3N2O/c20-15-1-4-17(5-2-15)25-10-7-14(12-24-9-8-23-13-24)18-6-3-16(21)11-19(18)22/h1-6,8-9,11,13-14H,7,10,12H2. The first-order valence-electron chi connectivity index (χ1n) is 7.91. The third kappa shape index (κ3) is 4.62. The molecule has 0 bridgehead atoms. The molecule has 3 rings (SSSR count). The molecule has 0 spiro atoms. The van der Waals surface area contributed by atoms with Crippen LogP contribution >= 0.6 is 0 Å². The zero-order chi connectivity index (χ0) is 17.6. The molecule has 1 atom stereocenters. The van der Waals surface area contributed by atoms with Crippen LogP contribution in [0.3, 0.4) is 0 Å². The van der Waals surface area contributed by atoms with E-state index in [1.807, 2.05) is 4.57 Å². The van der Waals surface area contributed by atoms with Gasteiger partial charge in [0.15, 0.2) is 0 Å². The number of hydrogen-bond donors (Lipinski definition) is 0. The summed E-state index contributed by atoms with van der Waals surface area (Å²) in [5.74, 6) is -1.19. The monoisotopic (exact) mass is 346 g/mol. The molecule has 0 N–H and O–H groups in total. The smallest absolute Gasteiger partial charge is 0.129 e. The van der Waals surface area contributed by atoms with E-state index in [4.69, 9.17) is 4.74 Å². The van der Waals surface area contributed by atoms with Crippen molar-refractivity contribution >= 4 is 0 Å². The Kier molecular flexibility index (Phi) is 5.38. The van der Waals surface area contributed by atoms with Crippen molar-refractivity contribution in [1.82, 2.24) is 9.55 Å². The van der Waals surface area contributed by atoms with E-state index in [0.29, 0.717) is 30.9 Å². The summed E-state index contributed by atoms with van der Waals surface area (Å²) in [6, 6.07) is 9.31. The number of aromatic nitrogens is 2. The van der Waals surface area contributed by atoms with Gasteiger partial charge in [-0.15, -0.1) is 0 Å². The van der Waals surface area contributed by atoms with Gasteiger partial charge in [0.2, 0.25) is 0 Å². The van der Waals surface area contributed by atoms with Crippen molar-refractivity contribution in [2.24, 2.45) is 0 Å². The highest BCUT2D eigenvalue weighted by Gasteiger charge is 2.17. The summed E-state index contributed by atoms with van der Waals surface area (Å²) in [4.78, 5) is 3.98. The molecule has 3 nitrogen and oxygen atoms in total. The Hall–Kier alpha value is -2.76. The summed E-state index contributed by atoms with van der Waals surface area (Å²) >= 11 is 0. The van der Waals surface area contributed by atoms with Gasteiger partial charge in [-0.1, -0.05) is 6.07 Å². The molecule has 1 unspecified atom stereocenters. The van der Waals surface area contributed by atoms with Crippen molar-refractivity contribution in [1.29, 1.82) is 0 Å². The number of hydrogen-bond acceptors (Lipinski definition) is 2. The van der Waals surface area contributed by atoms with Gasteiger partial charge in [-0.05, 0) is 42.3 Å². The topological polar surface area (TPSA) is 27.1 Å². The summed E-state index contributed by atoms with van der Waals surface area (Å²) in [5, 5.41) is 0. The molecule has 2 aromatic carbocycles. The molecule has 3 aromatic rings. The Morgan fingerprint density at radius 3 is 2.44 bits per heavy atom. The normalized spacial score (nSPS) is 12.1. The lowest BCUT2D eigenvalue weighted by molar-refractivity contribution is 0.289. The summed E-state index contributed by atoms with van der Waals surface area (Å²) in [7, 11) is 0. The Labute approximate surface area is 143 Å². The van der Waals surface area contributed by atoms with Crippen LogP contribution in [0.4, 0.5) is 13.2 Å². The molecule has 0 saturated heterocycles. The van der Waals surface area contributed by atoms with Gasteiger partial charge in [0.05, 0.1) is 12.9 Å². The van der Waals surface area contributed by atoms with Gasteiger partial charge in [0, 0.05) is 30.9 Å². The van der Waals surface area contributed by atoms with Gasteiger partial charge < -0.3 is 9.30 Å². The van der Waals surface area contributed by atoms with E-state index in [-0.39, 0.29) is 11.7 Å². The fourth-order valence-electron chi connectivity index (χ4n) is 2.68. The Morgan fingerprint density at radius 1 is 1.00 bits per heavy atom. The molecule has 0 amide bonds. The third-order valence-electron chi connectivity index (χ3n) is 3.94. The highest BCUT2D eigenvalue weighted by molar-refractivity contribution is 5.24. The molecule has 1 aromatic heterocycles. The minimum Gasteiger partial charge on any atom is -0.494 e. The highest BCUT2D eigenvalue weighted by atomic mass is 19.1. The van der Waals surface area contributed by atoms with E-state index in [0.717, 1.165) is 6.07 Å². The summed E-state index contributed by atoms with van der Waals surface area (Å²) in [6.07, 6.45) is 5.59. The van der Waals surface area contributed by atoms with E-state index in [1.165, 1.54) is 24.3 Å². The second-order valence-corrected chi connectivity index (χ2v) is 5.71. The van der Waals surface area contributed by atoms with Crippen LogP contribution in [0, 0.1) is 17.5 Å². The Bertz CT molecular complexity index is 804. The van der Waals surface area contributed by atoms with Crippen molar-refractivity contribution in [2.45, 2.75) is 18.9 Å². The molecule has 0 saturated carbocycles. The molecule has 6 heteroatoms. The van der Waals surface area contributed by atoms with Crippen LogP contribution in [-0.4, -0.2) is 16.2 Å². The summed E-state index contributed by atoms with van der Waals surface area (Å²) in [6.45, 7) is 0.817. The molecular formula is C19H17F3N2O. The number of halogens is 3. The molecular weight excluding hydrogens is 329 g/mol. The van der Waals surface area contributed by atoms with E-state index >= 15 is 0 Å². The molecule has 0 aliphatic carbocycles. The first kappa shape index (κ1) is 17.1. The first-order chi connectivity index (χ1) is 12.1. The second kappa shape index (κ2) is 7.88. The van der Waals surface area contributed by atoms with Gasteiger partial charge in [-0.3, -0.25) is 0 Å².